The zero-order valence-corrected chi connectivity index (χ0v) is 13.4. The minimum Gasteiger partial charge on any atom is -0.265 e. The van der Waals surface area contributed by atoms with Gasteiger partial charge in [0.1, 0.15) is 5.01 Å². The molecule has 4 rings (SSSR count). The van der Waals surface area contributed by atoms with Crippen LogP contribution in [0.3, 0.4) is 0 Å². The molecule has 2 aromatic carbocycles. The maximum absolute atomic E-state index is 12.6. The highest BCUT2D eigenvalue weighted by Crippen LogP contribution is 2.27. The van der Waals surface area contributed by atoms with Crippen LogP contribution in [-0.4, -0.2) is 24.7 Å². The lowest BCUT2D eigenvalue weighted by molar-refractivity contribution is -0.384. The third-order valence-corrected chi connectivity index (χ3v) is 4.49. The van der Waals surface area contributed by atoms with Gasteiger partial charge < -0.3 is 0 Å². The molecule has 0 saturated heterocycles. The summed E-state index contributed by atoms with van der Waals surface area (Å²) in [4.78, 5) is 23.4. The maximum Gasteiger partial charge on any atom is 0.302 e. The molecule has 2 heterocycles. The highest BCUT2D eigenvalue weighted by molar-refractivity contribution is 7.19. The van der Waals surface area contributed by atoms with Crippen LogP contribution in [0, 0.1) is 10.1 Å². The Bertz CT molecular complexity index is 1150. The van der Waals surface area contributed by atoms with Crippen molar-refractivity contribution in [1.82, 2.24) is 19.8 Å². The number of aromatic nitrogens is 4. The summed E-state index contributed by atoms with van der Waals surface area (Å²) in [6.45, 7) is 0. The van der Waals surface area contributed by atoms with Crippen molar-refractivity contribution in [1.29, 1.82) is 0 Å². The smallest absolute Gasteiger partial charge is 0.265 e. The van der Waals surface area contributed by atoms with E-state index in [1.165, 1.54) is 16.6 Å². The van der Waals surface area contributed by atoms with Crippen LogP contribution < -0.4 is 5.56 Å². The van der Waals surface area contributed by atoms with Gasteiger partial charge in [-0.15, -0.1) is 10.2 Å². The zero-order chi connectivity index (χ0) is 17.4. The molecule has 8 nitrogen and oxygen atoms in total. The van der Waals surface area contributed by atoms with E-state index in [1.807, 2.05) is 6.07 Å². The van der Waals surface area contributed by atoms with E-state index < -0.39 is 4.92 Å². The number of benzene rings is 2. The van der Waals surface area contributed by atoms with Crippen LogP contribution in [0.15, 0.2) is 59.4 Å². The van der Waals surface area contributed by atoms with E-state index in [-0.39, 0.29) is 16.9 Å². The van der Waals surface area contributed by atoms with Crippen molar-refractivity contribution in [2.24, 2.45) is 0 Å². The SMILES string of the molecule is O=c1c(-c2ccccc2)nnc2sc(-c3cccc([N+](=O)[O-])c3)nn12. The molecule has 9 heteroatoms. The molecule has 4 aromatic rings. The van der Waals surface area contributed by atoms with Crippen LogP contribution in [-0.2, 0) is 0 Å². The average molecular weight is 351 g/mol. The van der Waals surface area contributed by atoms with Gasteiger partial charge in [-0.2, -0.15) is 9.61 Å². The monoisotopic (exact) mass is 351 g/mol. The normalized spacial score (nSPS) is 10.9. The van der Waals surface area contributed by atoms with E-state index in [4.69, 9.17) is 0 Å². The number of hydrogen-bond donors (Lipinski definition) is 0. The fourth-order valence-electron chi connectivity index (χ4n) is 2.36. The maximum atomic E-state index is 12.6. The van der Waals surface area contributed by atoms with Gasteiger partial charge in [-0.25, -0.2) is 0 Å². The van der Waals surface area contributed by atoms with Gasteiger partial charge in [0.05, 0.1) is 4.92 Å². The first kappa shape index (κ1) is 15.1. The van der Waals surface area contributed by atoms with Crippen molar-refractivity contribution >= 4 is 22.0 Å². The summed E-state index contributed by atoms with van der Waals surface area (Å²) < 4.78 is 1.17. The summed E-state index contributed by atoms with van der Waals surface area (Å²) in [5.74, 6) is 0. The fraction of sp³-hybridized carbons (Fsp3) is 0. The largest absolute Gasteiger partial charge is 0.302 e. The molecule has 25 heavy (non-hydrogen) atoms. The molecule has 0 amide bonds. The Morgan fingerprint density at radius 1 is 1.00 bits per heavy atom. The molecule has 122 valence electrons. The van der Waals surface area contributed by atoms with Crippen LogP contribution >= 0.6 is 11.3 Å². The number of nitrogens with zero attached hydrogens (tertiary/aromatic N) is 5. The Labute approximate surface area is 144 Å². The predicted octanol–water partition coefficient (Wildman–Crippen LogP) is 2.79. The lowest BCUT2D eigenvalue weighted by Crippen LogP contribution is -2.19. The number of fused-ring (bicyclic) bond motifs is 1. The molecular formula is C16H9N5O3S. The van der Waals surface area contributed by atoms with Gasteiger partial charge in [0, 0.05) is 23.3 Å². The summed E-state index contributed by atoms with van der Waals surface area (Å²) in [7, 11) is 0. The van der Waals surface area contributed by atoms with Crippen molar-refractivity contribution in [3.05, 3.63) is 75.1 Å². The molecule has 0 spiro atoms. The molecular weight excluding hydrogens is 342 g/mol. The van der Waals surface area contributed by atoms with Crippen LogP contribution in [0.5, 0.6) is 0 Å². The van der Waals surface area contributed by atoms with Gasteiger partial charge in [0.15, 0.2) is 5.69 Å². The minimum atomic E-state index is -0.476. The van der Waals surface area contributed by atoms with Crippen LogP contribution in [0.2, 0.25) is 0 Å². The fourth-order valence-corrected chi connectivity index (χ4v) is 3.19. The lowest BCUT2D eigenvalue weighted by Gasteiger charge is -1.98. The Morgan fingerprint density at radius 2 is 1.76 bits per heavy atom. The molecule has 0 fully saturated rings. The second kappa shape index (κ2) is 5.87. The van der Waals surface area contributed by atoms with Gasteiger partial charge in [0.25, 0.3) is 5.69 Å². The quantitative estimate of drug-likeness (QED) is 0.415. The van der Waals surface area contributed by atoms with E-state index >= 15 is 0 Å². The van der Waals surface area contributed by atoms with E-state index in [9.17, 15) is 14.9 Å². The van der Waals surface area contributed by atoms with E-state index in [2.05, 4.69) is 15.3 Å². The Hall–Kier alpha value is -3.46. The van der Waals surface area contributed by atoms with Crippen LogP contribution in [0.4, 0.5) is 5.69 Å². The molecule has 0 aliphatic rings. The second-order valence-corrected chi connectivity index (χ2v) is 6.08. The Kier molecular flexibility index (Phi) is 3.55. The first-order chi connectivity index (χ1) is 12.1. The molecule has 0 atom stereocenters. The highest BCUT2D eigenvalue weighted by Gasteiger charge is 2.15. The van der Waals surface area contributed by atoms with Crippen molar-refractivity contribution < 1.29 is 4.92 Å². The minimum absolute atomic E-state index is 0.0415. The zero-order valence-electron chi connectivity index (χ0n) is 12.6. The molecule has 0 saturated carbocycles. The number of rotatable bonds is 3. The van der Waals surface area contributed by atoms with Gasteiger partial charge in [-0.3, -0.25) is 14.9 Å². The van der Waals surface area contributed by atoms with E-state index in [1.54, 1.807) is 36.4 Å². The van der Waals surface area contributed by atoms with Crippen molar-refractivity contribution in [2.75, 3.05) is 0 Å². The Balaban J connectivity index is 1.87. The Morgan fingerprint density at radius 3 is 2.52 bits per heavy atom. The molecule has 2 aromatic heterocycles. The first-order valence-electron chi connectivity index (χ1n) is 7.20. The summed E-state index contributed by atoms with van der Waals surface area (Å²) >= 11 is 1.14. The van der Waals surface area contributed by atoms with Crippen molar-refractivity contribution in [2.45, 2.75) is 0 Å². The summed E-state index contributed by atoms with van der Waals surface area (Å²) in [5, 5.41) is 23.7. The van der Waals surface area contributed by atoms with Gasteiger partial charge >= 0.3 is 5.56 Å². The van der Waals surface area contributed by atoms with Gasteiger partial charge in [-0.1, -0.05) is 53.8 Å². The van der Waals surface area contributed by atoms with Gasteiger partial charge in [0.2, 0.25) is 4.96 Å². The first-order valence-corrected chi connectivity index (χ1v) is 8.02. The predicted molar refractivity (Wildman–Crippen MR) is 92.5 cm³/mol. The molecule has 0 bridgehead atoms. The summed E-state index contributed by atoms with van der Waals surface area (Å²) in [6, 6.07) is 15.1. The molecule has 0 radical (unpaired) electrons. The third-order valence-electron chi connectivity index (χ3n) is 3.54. The van der Waals surface area contributed by atoms with E-state index in [0.717, 1.165) is 11.3 Å². The molecule has 0 unspecified atom stereocenters. The van der Waals surface area contributed by atoms with Crippen LogP contribution in [0.25, 0.3) is 26.8 Å². The number of hydrogen-bond acceptors (Lipinski definition) is 7. The standard InChI is InChI=1S/C16H9N5O3S/c22-15-13(10-5-2-1-3-6-10)17-18-16-20(15)19-14(25-16)11-7-4-8-12(9-11)21(23)24/h1-9H. The van der Waals surface area contributed by atoms with Crippen molar-refractivity contribution in [3.63, 3.8) is 0 Å². The third kappa shape index (κ3) is 2.66. The number of nitro benzene ring substituents is 1. The number of nitro groups is 1. The molecule has 0 aliphatic carbocycles. The molecule has 0 aliphatic heterocycles. The van der Waals surface area contributed by atoms with Crippen LogP contribution in [0.1, 0.15) is 0 Å². The second-order valence-electron chi connectivity index (χ2n) is 5.13. The van der Waals surface area contributed by atoms with Gasteiger partial charge in [-0.05, 0) is 0 Å². The highest BCUT2D eigenvalue weighted by atomic mass is 32.1. The average Bonchev–Trinajstić information content (AvgIpc) is 3.08. The molecule has 0 N–H and O–H groups in total. The van der Waals surface area contributed by atoms with Crippen molar-refractivity contribution in [3.8, 4) is 21.8 Å². The topological polar surface area (TPSA) is 103 Å². The van der Waals surface area contributed by atoms with E-state index in [0.29, 0.717) is 21.1 Å². The summed E-state index contributed by atoms with van der Waals surface area (Å²) in [6.07, 6.45) is 0. The number of non-ortho nitro benzene ring substituents is 1. The lowest BCUT2D eigenvalue weighted by atomic mass is 10.2. The summed E-state index contributed by atoms with van der Waals surface area (Å²) in [5.41, 5.74) is 0.975.